The summed E-state index contributed by atoms with van der Waals surface area (Å²) in [6.45, 7) is 3.85. The van der Waals surface area contributed by atoms with E-state index in [9.17, 15) is 4.79 Å². The standard InChI is InChI=1S/C15H19ClN2OS/c1-9-7-17-8-12(9)15(19)18-13-4-5-20-14-3-2-10(16)6-11(13)14/h2-3,6,9,12-13,17H,4-5,7-8H2,1H3,(H,18,19)/t9-,12-,13?/m1/s1. The van der Waals surface area contributed by atoms with Crippen LogP contribution < -0.4 is 10.6 Å². The van der Waals surface area contributed by atoms with Crippen LogP contribution in [0, 0.1) is 11.8 Å². The third-order valence-electron chi connectivity index (χ3n) is 4.18. The fourth-order valence-electron chi connectivity index (χ4n) is 2.96. The molecule has 1 fully saturated rings. The van der Waals surface area contributed by atoms with Crippen molar-refractivity contribution in [3.05, 3.63) is 28.8 Å². The molecule has 20 heavy (non-hydrogen) atoms. The number of benzene rings is 1. The molecule has 0 aromatic heterocycles. The molecule has 2 aliphatic heterocycles. The van der Waals surface area contributed by atoms with Gasteiger partial charge < -0.3 is 10.6 Å². The van der Waals surface area contributed by atoms with Gasteiger partial charge in [-0.2, -0.15) is 0 Å². The van der Waals surface area contributed by atoms with Crippen molar-refractivity contribution < 1.29 is 4.79 Å². The fourth-order valence-corrected chi connectivity index (χ4v) is 4.24. The first-order valence-corrected chi connectivity index (χ1v) is 8.45. The Morgan fingerprint density at radius 3 is 3.05 bits per heavy atom. The highest BCUT2D eigenvalue weighted by Gasteiger charge is 2.32. The molecule has 1 saturated heterocycles. The molecule has 0 radical (unpaired) electrons. The number of hydrogen-bond acceptors (Lipinski definition) is 3. The van der Waals surface area contributed by atoms with Gasteiger partial charge in [-0.05, 0) is 42.6 Å². The molecular formula is C15H19ClN2OS. The van der Waals surface area contributed by atoms with E-state index in [0.717, 1.165) is 30.3 Å². The Kier molecular flexibility index (Phi) is 4.24. The summed E-state index contributed by atoms with van der Waals surface area (Å²) in [5.74, 6) is 1.71. The van der Waals surface area contributed by atoms with Crippen LogP contribution in [-0.2, 0) is 4.79 Å². The van der Waals surface area contributed by atoms with Gasteiger partial charge in [-0.1, -0.05) is 18.5 Å². The predicted octanol–water partition coefficient (Wildman–Crippen LogP) is 2.85. The van der Waals surface area contributed by atoms with E-state index >= 15 is 0 Å². The van der Waals surface area contributed by atoms with Crippen molar-refractivity contribution in [3.63, 3.8) is 0 Å². The summed E-state index contributed by atoms with van der Waals surface area (Å²) in [5.41, 5.74) is 1.17. The van der Waals surface area contributed by atoms with E-state index < -0.39 is 0 Å². The normalized spacial score (nSPS) is 29.0. The summed E-state index contributed by atoms with van der Waals surface area (Å²) in [4.78, 5) is 13.7. The van der Waals surface area contributed by atoms with Crippen molar-refractivity contribution in [1.29, 1.82) is 0 Å². The van der Waals surface area contributed by atoms with Crippen LogP contribution in [0.25, 0.3) is 0 Å². The molecular weight excluding hydrogens is 292 g/mol. The minimum absolute atomic E-state index is 0.0900. The number of carbonyl (C=O) groups is 1. The summed E-state index contributed by atoms with van der Waals surface area (Å²) < 4.78 is 0. The van der Waals surface area contributed by atoms with Crippen molar-refractivity contribution in [1.82, 2.24) is 10.6 Å². The van der Waals surface area contributed by atoms with Gasteiger partial charge in [0.05, 0.1) is 12.0 Å². The molecule has 2 aliphatic rings. The average Bonchev–Trinajstić information content (AvgIpc) is 2.86. The lowest BCUT2D eigenvalue weighted by Crippen LogP contribution is -2.38. The van der Waals surface area contributed by atoms with Crippen LogP contribution >= 0.6 is 23.4 Å². The van der Waals surface area contributed by atoms with Crippen molar-refractivity contribution in [2.75, 3.05) is 18.8 Å². The monoisotopic (exact) mass is 310 g/mol. The van der Waals surface area contributed by atoms with Crippen LogP contribution in [0.2, 0.25) is 5.02 Å². The quantitative estimate of drug-likeness (QED) is 0.882. The molecule has 0 aliphatic carbocycles. The zero-order valence-electron chi connectivity index (χ0n) is 11.5. The highest BCUT2D eigenvalue weighted by atomic mass is 35.5. The number of amides is 1. The second-order valence-corrected chi connectivity index (χ2v) is 7.20. The van der Waals surface area contributed by atoms with E-state index in [1.807, 2.05) is 23.9 Å². The number of nitrogens with one attached hydrogen (secondary N) is 2. The van der Waals surface area contributed by atoms with Crippen molar-refractivity contribution in [2.45, 2.75) is 24.3 Å². The van der Waals surface area contributed by atoms with Crippen LogP contribution in [0.4, 0.5) is 0 Å². The molecule has 2 heterocycles. The molecule has 1 amide bonds. The molecule has 1 aromatic carbocycles. The Labute approximate surface area is 128 Å². The summed E-state index contributed by atoms with van der Waals surface area (Å²) in [5, 5.41) is 7.24. The van der Waals surface area contributed by atoms with Crippen molar-refractivity contribution in [3.8, 4) is 0 Å². The Morgan fingerprint density at radius 2 is 2.30 bits per heavy atom. The molecule has 2 N–H and O–H groups in total. The van der Waals surface area contributed by atoms with Gasteiger partial charge in [0, 0.05) is 22.2 Å². The van der Waals surface area contributed by atoms with E-state index in [0.29, 0.717) is 5.92 Å². The van der Waals surface area contributed by atoms with Gasteiger partial charge in [-0.3, -0.25) is 4.79 Å². The zero-order valence-corrected chi connectivity index (χ0v) is 13.1. The molecule has 3 atom stereocenters. The molecule has 1 unspecified atom stereocenters. The Hall–Kier alpha value is -0.710. The van der Waals surface area contributed by atoms with Gasteiger partial charge in [0.1, 0.15) is 0 Å². The highest BCUT2D eigenvalue weighted by molar-refractivity contribution is 7.99. The van der Waals surface area contributed by atoms with Gasteiger partial charge in [-0.25, -0.2) is 0 Å². The van der Waals surface area contributed by atoms with Crippen LogP contribution in [0.3, 0.4) is 0 Å². The second-order valence-electron chi connectivity index (χ2n) is 5.62. The molecule has 3 nitrogen and oxygen atoms in total. The van der Waals surface area contributed by atoms with E-state index in [4.69, 9.17) is 11.6 Å². The van der Waals surface area contributed by atoms with Crippen LogP contribution in [-0.4, -0.2) is 24.7 Å². The smallest absolute Gasteiger partial charge is 0.225 e. The summed E-state index contributed by atoms with van der Waals surface area (Å²) >= 11 is 7.94. The summed E-state index contributed by atoms with van der Waals surface area (Å²) in [6.07, 6.45) is 0.971. The third-order valence-corrected chi connectivity index (χ3v) is 5.54. The lowest BCUT2D eigenvalue weighted by molar-refractivity contribution is -0.126. The van der Waals surface area contributed by atoms with Gasteiger partial charge in [0.2, 0.25) is 5.91 Å². The summed E-state index contributed by atoms with van der Waals surface area (Å²) in [7, 11) is 0. The number of hydrogen-bond donors (Lipinski definition) is 2. The van der Waals surface area contributed by atoms with E-state index in [2.05, 4.69) is 23.6 Å². The number of thioether (sulfide) groups is 1. The van der Waals surface area contributed by atoms with Crippen molar-refractivity contribution >= 4 is 29.3 Å². The number of fused-ring (bicyclic) bond motifs is 1. The fraction of sp³-hybridized carbons (Fsp3) is 0.533. The molecule has 0 saturated carbocycles. The molecule has 0 bridgehead atoms. The first kappa shape index (κ1) is 14.2. The van der Waals surface area contributed by atoms with Crippen LogP contribution in [0.15, 0.2) is 23.1 Å². The van der Waals surface area contributed by atoms with E-state index in [1.165, 1.54) is 10.5 Å². The molecule has 5 heteroatoms. The van der Waals surface area contributed by atoms with Crippen LogP contribution in [0.1, 0.15) is 24.9 Å². The molecule has 1 aromatic rings. The lowest BCUT2D eigenvalue weighted by Gasteiger charge is -2.27. The predicted molar refractivity (Wildman–Crippen MR) is 83.2 cm³/mol. The first-order chi connectivity index (χ1) is 9.65. The minimum atomic E-state index is 0.0900. The third kappa shape index (κ3) is 2.83. The SMILES string of the molecule is C[C@@H]1CNC[C@H]1C(=O)NC1CCSc2ccc(Cl)cc21. The molecule has 108 valence electrons. The Bertz CT molecular complexity index is 523. The first-order valence-electron chi connectivity index (χ1n) is 7.08. The maximum absolute atomic E-state index is 12.4. The Balaban J connectivity index is 1.76. The Morgan fingerprint density at radius 1 is 1.45 bits per heavy atom. The maximum atomic E-state index is 12.4. The maximum Gasteiger partial charge on any atom is 0.225 e. The molecule has 3 rings (SSSR count). The van der Waals surface area contributed by atoms with Crippen LogP contribution in [0.5, 0.6) is 0 Å². The zero-order chi connectivity index (χ0) is 14.1. The van der Waals surface area contributed by atoms with Gasteiger partial charge >= 0.3 is 0 Å². The van der Waals surface area contributed by atoms with E-state index in [-0.39, 0.29) is 17.9 Å². The number of halogens is 1. The largest absolute Gasteiger partial charge is 0.349 e. The van der Waals surface area contributed by atoms with E-state index in [1.54, 1.807) is 0 Å². The number of rotatable bonds is 2. The second kappa shape index (κ2) is 5.96. The topological polar surface area (TPSA) is 41.1 Å². The highest BCUT2D eigenvalue weighted by Crippen LogP contribution is 2.37. The average molecular weight is 311 g/mol. The number of carbonyl (C=O) groups excluding carboxylic acids is 1. The van der Waals surface area contributed by atoms with Gasteiger partial charge in [0.25, 0.3) is 0 Å². The minimum Gasteiger partial charge on any atom is -0.349 e. The van der Waals surface area contributed by atoms with Gasteiger partial charge in [0.15, 0.2) is 0 Å². The molecule has 0 spiro atoms. The van der Waals surface area contributed by atoms with Crippen molar-refractivity contribution in [2.24, 2.45) is 11.8 Å². The summed E-state index contributed by atoms with van der Waals surface area (Å²) in [6, 6.07) is 6.07. The van der Waals surface area contributed by atoms with Gasteiger partial charge in [-0.15, -0.1) is 11.8 Å². The lowest BCUT2D eigenvalue weighted by atomic mass is 9.95.